The Balaban J connectivity index is 3.16. The Labute approximate surface area is 333 Å². The van der Waals surface area contributed by atoms with E-state index in [0.29, 0.717) is 0 Å². The normalized spacial score (nSPS) is 13.9. The van der Waals surface area contributed by atoms with Crippen molar-refractivity contribution in [3.63, 3.8) is 0 Å². The fourth-order valence-electron chi connectivity index (χ4n) is 5.76. The van der Waals surface area contributed by atoms with Crippen molar-refractivity contribution >= 4 is 41.6 Å². The summed E-state index contributed by atoms with van der Waals surface area (Å²) in [6, 6.07) is 4.94. The summed E-state index contributed by atoms with van der Waals surface area (Å²) in [6.07, 6.45) is 0.197. The van der Waals surface area contributed by atoms with Crippen LogP contribution < -0.4 is 31.9 Å². The Morgan fingerprint density at radius 3 is 1.30 bits per heavy atom. The monoisotopic (exact) mass is 789 g/mol. The van der Waals surface area contributed by atoms with Crippen LogP contribution >= 0.6 is 0 Å². The molecule has 0 aliphatic carbocycles. The van der Waals surface area contributed by atoms with Crippen LogP contribution in [0.3, 0.4) is 0 Å². The molecule has 0 aliphatic heterocycles. The molecule has 0 bridgehead atoms. The molecule has 0 saturated heterocycles. The molecule has 15 nitrogen and oxygen atoms in total. The number of alkyl carbamates (subject to hydrolysis) is 1. The lowest BCUT2D eigenvalue weighted by Crippen LogP contribution is -2.63. The Kier molecular flexibility index (Phi) is 20.1. The number of rotatable bonds is 22. The van der Waals surface area contributed by atoms with Crippen molar-refractivity contribution in [1.29, 1.82) is 0 Å². The van der Waals surface area contributed by atoms with Crippen LogP contribution in [0.5, 0.6) is 0 Å². The Hall–Kier alpha value is -4.69. The predicted molar refractivity (Wildman–Crippen MR) is 214 cm³/mol. The van der Waals surface area contributed by atoms with Gasteiger partial charge in [-0.1, -0.05) is 85.7 Å². The molecular weight excluding hydrogens is 720 g/mol. The molecule has 15 heteroatoms. The smallest absolute Gasteiger partial charge is 0.408 e. The molecule has 6 amide bonds. The van der Waals surface area contributed by atoms with Gasteiger partial charge in [-0.15, -0.1) is 0 Å². The summed E-state index contributed by atoms with van der Waals surface area (Å²) in [5, 5.41) is 16.3. The average molecular weight is 789 g/mol. The molecule has 316 valence electrons. The van der Waals surface area contributed by atoms with Crippen molar-refractivity contribution in [2.75, 3.05) is 7.11 Å². The minimum atomic E-state index is -1.55. The maximum Gasteiger partial charge on any atom is 0.408 e. The van der Waals surface area contributed by atoms with E-state index in [0.717, 1.165) is 5.56 Å². The van der Waals surface area contributed by atoms with E-state index < -0.39 is 76.8 Å². The largest absolute Gasteiger partial charge is 0.467 e. The highest BCUT2D eigenvalue weighted by molar-refractivity contribution is 5.98. The second kappa shape index (κ2) is 22.8. The Morgan fingerprint density at radius 2 is 0.911 bits per heavy atom. The van der Waals surface area contributed by atoms with Gasteiger partial charge in [0.2, 0.25) is 29.5 Å². The van der Waals surface area contributed by atoms with Crippen molar-refractivity contribution in [1.82, 2.24) is 31.9 Å². The minimum Gasteiger partial charge on any atom is -0.467 e. The van der Waals surface area contributed by atoms with Gasteiger partial charge in [0.15, 0.2) is 0 Å². The molecule has 0 aromatic heterocycles. The predicted octanol–water partition coefficient (Wildman–Crippen LogP) is 3.88. The zero-order valence-electron chi connectivity index (χ0n) is 35.7. The molecular formula is C41H68N6O9. The van der Waals surface area contributed by atoms with Gasteiger partial charge < -0.3 is 41.4 Å². The number of hydrogen-bond donors (Lipinski definition) is 6. The van der Waals surface area contributed by atoms with E-state index >= 15 is 0 Å². The lowest BCUT2D eigenvalue weighted by Gasteiger charge is -2.32. The quantitative estimate of drug-likeness (QED) is 0.0941. The van der Waals surface area contributed by atoms with Crippen LogP contribution in [0.25, 0.3) is 0 Å². The summed E-state index contributed by atoms with van der Waals surface area (Å²) < 4.78 is 10.1. The maximum atomic E-state index is 13.8. The van der Waals surface area contributed by atoms with Crippen LogP contribution in [0.1, 0.15) is 114 Å². The lowest BCUT2D eigenvalue weighted by molar-refractivity contribution is -0.149. The van der Waals surface area contributed by atoms with E-state index in [1.807, 2.05) is 85.7 Å². The molecule has 1 aromatic rings. The van der Waals surface area contributed by atoms with Gasteiger partial charge in [-0.25, -0.2) is 9.59 Å². The molecule has 0 aliphatic rings. The third kappa shape index (κ3) is 17.8. The second-order valence-corrected chi connectivity index (χ2v) is 17.1. The lowest BCUT2D eigenvalue weighted by atomic mass is 9.96. The minimum absolute atomic E-state index is 0.0104. The molecule has 56 heavy (non-hydrogen) atoms. The Morgan fingerprint density at radius 1 is 0.536 bits per heavy atom. The van der Waals surface area contributed by atoms with Gasteiger partial charge in [-0.05, 0) is 82.6 Å². The van der Waals surface area contributed by atoms with Crippen LogP contribution in [0.15, 0.2) is 30.3 Å². The highest BCUT2D eigenvalue weighted by atomic mass is 16.5. The highest BCUT2D eigenvalue weighted by Gasteiger charge is 2.38. The number of hydrogen-bond acceptors (Lipinski definition) is 9. The number of benzene rings is 1. The van der Waals surface area contributed by atoms with Crippen LogP contribution in [0, 0.1) is 23.7 Å². The molecule has 0 saturated carbocycles. The molecule has 0 heterocycles. The van der Waals surface area contributed by atoms with Gasteiger partial charge in [-0.3, -0.25) is 24.0 Å². The molecule has 0 fully saturated rings. The number of carbonyl (C=O) groups excluding carboxylic acids is 7. The van der Waals surface area contributed by atoms with E-state index in [1.165, 1.54) is 34.8 Å². The van der Waals surface area contributed by atoms with E-state index in [9.17, 15) is 33.6 Å². The summed E-state index contributed by atoms with van der Waals surface area (Å²) in [4.78, 5) is 93.2. The zero-order chi connectivity index (χ0) is 43.0. The van der Waals surface area contributed by atoms with Gasteiger partial charge in [0.1, 0.15) is 41.9 Å². The number of carbonyl (C=O) groups is 7. The third-order valence-electron chi connectivity index (χ3n) is 8.67. The van der Waals surface area contributed by atoms with Crippen molar-refractivity contribution in [3.05, 3.63) is 35.9 Å². The molecule has 1 rings (SSSR count). The van der Waals surface area contributed by atoms with E-state index in [-0.39, 0.29) is 56.0 Å². The topological polar surface area (TPSA) is 210 Å². The summed E-state index contributed by atoms with van der Waals surface area (Å²) >= 11 is 0. The third-order valence-corrected chi connectivity index (χ3v) is 8.67. The first-order valence-corrected chi connectivity index (χ1v) is 19.5. The standard InChI is InChI=1S/C41H68N6O9/c1-24(2)19-29(33(48)42-32(22-27(7)8)36(51)47-41(11,12)38(53)55-13)44-37(52)40(9,10)46-35(50)31(21-26(5)6)43-34(49)30(20-25(3)4)45-39(54)56-23-28-17-15-14-16-18-28/h14-18,24-27,29-32H,19-23H2,1-13H3,(H,42,48)(H,43,49)(H,44,52)(H,45,54)(H,46,50)(H,47,51)/t29-,30-,31-,32-/m0/s1. The van der Waals surface area contributed by atoms with Gasteiger partial charge in [0.05, 0.1) is 7.11 Å². The fraction of sp³-hybridized carbons (Fsp3) is 0.683. The van der Waals surface area contributed by atoms with Crippen molar-refractivity contribution in [3.8, 4) is 0 Å². The fourth-order valence-corrected chi connectivity index (χ4v) is 5.76. The molecule has 0 spiro atoms. The maximum absolute atomic E-state index is 13.8. The number of nitrogens with one attached hydrogen (secondary N) is 6. The molecule has 6 N–H and O–H groups in total. The second-order valence-electron chi connectivity index (χ2n) is 17.1. The Bertz CT molecular complexity index is 1480. The van der Waals surface area contributed by atoms with Gasteiger partial charge >= 0.3 is 12.1 Å². The number of methoxy groups -OCH3 is 1. The van der Waals surface area contributed by atoms with E-state index in [4.69, 9.17) is 9.47 Å². The zero-order valence-corrected chi connectivity index (χ0v) is 35.7. The van der Waals surface area contributed by atoms with E-state index in [2.05, 4.69) is 31.9 Å². The summed E-state index contributed by atoms with van der Waals surface area (Å²) in [7, 11) is 1.21. The van der Waals surface area contributed by atoms with Crippen LogP contribution in [0.4, 0.5) is 4.79 Å². The van der Waals surface area contributed by atoms with Crippen LogP contribution in [0.2, 0.25) is 0 Å². The van der Waals surface area contributed by atoms with Crippen molar-refractivity contribution in [2.24, 2.45) is 23.7 Å². The number of ether oxygens (including phenoxy) is 2. The van der Waals surface area contributed by atoms with Gasteiger partial charge in [0, 0.05) is 0 Å². The average Bonchev–Trinajstić information content (AvgIpc) is 3.08. The van der Waals surface area contributed by atoms with Crippen LogP contribution in [-0.4, -0.2) is 84.0 Å². The van der Waals surface area contributed by atoms with Gasteiger partial charge in [0.25, 0.3) is 0 Å². The molecule has 0 radical (unpaired) electrons. The summed E-state index contributed by atoms with van der Waals surface area (Å²) in [5.41, 5.74) is -2.13. The molecule has 4 atom stereocenters. The van der Waals surface area contributed by atoms with E-state index in [1.54, 1.807) is 0 Å². The number of amides is 6. The first kappa shape index (κ1) is 49.3. The first-order chi connectivity index (χ1) is 25.9. The summed E-state index contributed by atoms with van der Waals surface area (Å²) in [5.74, 6) is -3.82. The molecule has 0 unspecified atom stereocenters. The highest BCUT2D eigenvalue weighted by Crippen LogP contribution is 2.15. The first-order valence-electron chi connectivity index (χ1n) is 19.5. The SMILES string of the molecule is COC(=O)C(C)(C)NC(=O)[C@H](CC(C)C)NC(=O)[C@H](CC(C)C)NC(=O)C(C)(C)NC(=O)[C@H](CC(C)C)NC(=O)[C@H](CC(C)C)NC(=O)OCc1ccccc1. The van der Waals surface area contributed by atoms with Crippen molar-refractivity contribution in [2.45, 2.75) is 151 Å². The van der Waals surface area contributed by atoms with Crippen LogP contribution in [-0.2, 0) is 44.8 Å². The van der Waals surface area contributed by atoms with Gasteiger partial charge in [-0.2, -0.15) is 0 Å². The summed E-state index contributed by atoms with van der Waals surface area (Å²) in [6.45, 7) is 21.0. The number of esters is 1. The van der Waals surface area contributed by atoms with Crippen molar-refractivity contribution < 1.29 is 43.0 Å². The molecule has 1 aromatic carbocycles.